The van der Waals surface area contributed by atoms with Gasteiger partial charge in [0.15, 0.2) is 0 Å². The molecule has 1 amide bonds. The molecule has 490 valence electrons. The average molecular weight is 1200 g/mol. The maximum Gasteiger partial charge on any atom is 0.268 e. The molecule has 84 heavy (non-hydrogen) atoms. The molecule has 0 aliphatic heterocycles. The van der Waals surface area contributed by atoms with Crippen molar-refractivity contribution < 1.29 is 32.9 Å². The smallest absolute Gasteiger partial charge is 0.268 e. The van der Waals surface area contributed by atoms with Gasteiger partial charge < -0.3 is 28.8 Å². The van der Waals surface area contributed by atoms with E-state index in [0.29, 0.717) is 17.4 Å². The molecule has 3 unspecified atom stereocenters. The molecule has 8 nitrogen and oxygen atoms in total. The number of phosphoric ester groups is 1. The van der Waals surface area contributed by atoms with Crippen molar-refractivity contribution in [3.8, 4) is 0 Å². The molecule has 2 N–H and O–H groups in total. The van der Waals surface area contributed by atoms with Crippen LogP contribution in [0.25, 0.3) is 0 Å². The zero-order valence-electron chi connectivity index (χ0n) is 56.1. The minimum atomic E-state index is -4.62. The molecule has 0 saturated carbocycles. The Morgan fingerprint density at radius 2 is 0.738 bits per heavy atom. The van der Waals surface area contributed by atoms with Crippen LogP contribution >= 0.6 is 7.82 Å². The number of quaternary nitrogens is 1. The van der Waals surface area contributed by atoms with E-state index >= 15 is 0 Å². The van der Waals surface area contributed by atoms with Gasteiger partial charge in [0.2, 0.25) is 5.91 Å². The van der Waals surface area contributed by atoms with Gasteiger partial charge in [-0.1, -0.05) is 330 Å². The number of aliphatic hydroxyl groups excluding tert-OH is 1. The van der Waals surface area contributed by atoms with E-state index < -0.39 is 26.6 Å². The fourth-order valence-corrected chi connectivity index (χ4v) is 11.3. The topological polar surface area (TPSA) is 108 Å². The minimum Gasteiger partial charge on any atom is -0.756 e. The van der Waals surface area contributed by atoms with Crippen molar-refractivity contribution in [2.75, 3.05) is 40.9 Å². The van der Waals surface area contributed by atoms with Gasteiger partial charge in [0.1, 0.15) is 13.2 Å². The Balaban J connectivity index is 4.04. The number of nitrogens with zero attached hydrogens (tertiary/aromatic N) is 1. The average Bonchev–Trinajstić information content (AvgIpc) is 3.56. The van der Waals surface area contributed by atoms with Gasteiger partial charge in [0.05, 0.1) is 39.9 Å². The number of carbonyl (C=O) groups excluding carboxylic acids is 1. The molecule has 3 atom stereocenters. The molecular weight excluding hydrogens is 1060 g/mol. The SMILES string of the molecule is CC/C=C\C/C=C\C/C=C\C/C=C\CCCCCCCCCCCCCCCCCCCCCCCCCCC(=O)NC(COP(=O)([O-])OCC[N+](C)(C)C)C(O)/C=C/CC/C=C/CC/C=C/CCCCCCCCCCCCCCCCC. The molecule has 0 heterocycles. The Morgan fingerprint density at radius 3 is 1.11 bits per heavy atom. The number of nitrogens with one attached hydrogen (secondary N) is 1. The molecular formula is C75H139N2O6P. The number of allylic oxidation sites excluding steroid dienone is 13. The molecule has 0 spiro atoms. The molecule has 9 heteroatoms. The monoisotopic (exact) mass is 1200 g/mol. The van der Waals surface area contributed by atoms with Gasteiger partial charge in [-0.3, -0.25) is 9.36 Å². The summed E-state index contributed by atoms with van der Waals surface area (Å²) < 4.78 is 23.4. The van der Waals surface area contributed by atoms with Crippen LogP contribution in [0.3, 0.4) is 0 Å². The van der Waals surface area contributed by atoms with E-state index in [4.69, 9.17) is 9.05 Å². The first-order valence-corrected chi connectivity index (χ1v) is 37.4. The molecule has 0 aromatic carbocycles. The second-order valence-electron chi connectivity index (χ2n) is 25.5. The third kappa shape index (κ3) is 67.2. The van der Waals surface area contributed by atoms with Gasteiger partial charge in [0, 0.05) is 6.42 Å². The van der Waals surface area contributed by atoms with Crippen LogP contribution in [0.4, 0.5) is 0 Å². The molecule has 0 saturated heterocycles. The molecule has 0 aliphatic rings. The number of aliphatic hydroxyl groups is 1. The Bertz CT molecular complexity index is 1650. The summed E-state index contributed by atoms with van der Waals surface area (Å²) in [6, 6.07) is -0.913. The summed E-state index contributed by atoms with van der Waals surface area (Å²) >= 11 is 0. The lowest BCUT2D eigenvalue weighted by molar-refractivity contribution is -0.870. The molecule has 0 aromatic heterocycles. The van der Waals surface area contributed by atoms with Crippen molar-refractivity contribution in [3.63, 3.8) is 0 Å². The normalized spacial score (nSPS) is 14.1. The van der Waals surface area contributed by atoms with Crippen LogP contribution in [-0.4, -0.2) is 68.5 Å². The van der Waals surface area contributed by atoms with Gasteiger partial charge in [-0.15, -0.1) is 0 Å². The van der Waals surface area contributed by atoms with Gasteiger partial charge in [-0.05, 0) is 83.5 Å². The first-order valence-electron chi connectivity index (χ1n) is 35.9. The lowest BCUT2D eigenvalue weighted by Crippen LogP contribution is -2.45. The molecule has 0 bridgehead atoms. The molecule has 0 aromatic rings. The van der Waals surface area contributed by atoms with Crippen molar-refractivity contribution in [1.29, 1.82) is 0 Å². The van der Waals surface area contributed by atoms with Crippen LogP contribution in [0.15, 0.2) is 85.1 Å². The first-order chi connectivity index (χ1) is 41.0. The predicted molar refractivity (Wildman–Crippen MR) is 367 cm³/mol. The summed E-state index contributed by atoms with van der Waals surface area (Å²) in [5, 5.41) is 13.9. The number of phosphoric acid groups is 1. The number of unbranched alkanes of at least 4 members (excludes halogenated alkanes) is 41. The number of hydrogen-bond acceptors (Lipinski definition) is 6. The van der Waals surface area contributed by atoms with Crippen LogP contribution in [0, 0.1) is 0 Å². The van der Waals surface area contributed by atoms with Crippen LogP contribution < -0.4 is 10.2 Å². The summed E-state index contributed by atoms with van der Waals surface area (Å²) in [6.07, 6.45) is 93.0. The van der Waals surface area contributed by atoms with E-state index in [2.05, 4.69) is 92.1 Å². The van der Waals surface area contributed by atoms with Crippen LogP contribution in [0.2, 0.25) is 0 Å². The fraction of sp³-hybridized carbons (Fsp3) is 0.800. The predicted octanol–water partition coefficient (Wildman–Crippen LogP) is 22.5. The Morgan fingerprint density at radius 1 is 0.429 bits per heavy atom. The van der Waals surface area contributed by atoms with Crippen molar-refractivity contribution in [2.45, 2.75) is 347 Å². The first kappa shape index (κ1) is 81.7. The van der Waals surface area contributed by atoms with Crippen molar-refractivity contribution >= 4 is 13.7 Å². The van der Waals surface area contributed by atoms with Crippen LogP contribution in [0.1, 0.15) is 335 Å². The van der Waals surface area contributed by atoms with E-state index in [1.54, 1.807) is 6.08 Å². The van der Waals surface area contributed by atoms with Crippen LogP contribution in [0.5, 0.6) is 0 Å². The minimum absolute atomic E-state index is 0.00960. The van der Waals surface area contributed by atoms with E-state index in [1.165, 1.54) is 244 Å². The maximum absolute atomic E-state index is 13.0. The van der Waals surface area contributed by atoms with Crippen LogP contribution in [-0.2, 0) is 18.4 Å². The van der Waals surface area contributed by atoms with Crippen molar-refractivity contribution in [2.24, 2.45) is 0 Å². The number of hydrogen-bond donors (Lipinski definition) is 2. The highest BCUT2D eigenvalue weighted by molar-refractivity contribution is 7.45. The molecule has 0 aliphatic carbocycles. The van der Waals surface area contributed by atoms with Gasteiger partial charge in [-0.2, -0.15) is 0 Å². The van der Waals surface area contributed by atoms with E-state index in [1.807, 2.05) is 27.2 Å². The van der Waals surface area contributed by atoms with Gasteiger partial charge in [-0.25, -0.2) is 0 Å². The highest BCUT2D eigenvalue weighted by Gasteiger charge is 2.23. The standard InChI is InChI=1S/C75H139N2O6P/c1-6-8-10-12-14-16-18-20-22-24-26-28-30-32-33-34-35-36-37-38-39-40-41-42-43-45-47-49-51-53-55-57-59-61-63-65-67-69-75(79)76-73(72-83-84(80,81)82-71-70-77(3,4)5)74(78)68-66-64-62-60-58-56-54-52-50-48-46-44-31-29-27-25-23-21-19-17-15-13-11-9-7-2/h8,10,14,16,20,22,26,28,50,52,58,60,66,68,73-74,78H,6-7,9,11-13,15,17-19,21,23-25,27,29-49,51,53-57,59,61-65,67,69-72H2,1-5H3,(H-,76,79,80,81)/b10-8-,16-14-,22-20-,28-26-,52-50+,60-58+,68-66+. The molecule has 0 rings (SSSR count). The Kier molecular flexibility index (Phi) is 63.3. The number of carbonyl (C=O) groups is 1. The lowest BCUT2D eigenvalue weighted by atomic mass is 10.0. The zero-order valence-corrected chi connectivity index (χ0v) is 57.0. The highest BCUT2D eigenvalue weighted by Crippen LogP contribution is 2.38. The third-order valence-electron chi connectivity index (χ3n) is 16.1. The quantitative estimate of drug-likeness (QED) is 0.0272. The summed E-state index contributed by atoms with van der Waals surface area (Å²) in [5.41, 5.74) is 0. The summed E-state index contributed by atoms with van der Waals surface area (Å²) in [6.45, 7) is 4.55. The summed E-state index contributed by atoms with van der Waals surface area (Å²) in [5.74, 6) is -0.207. The number of rotatable bonds is 66. The maximum atomic E-state index is 13.0. The van der Waals surface area contributed by atoms with Crippen molar-refractivity contribution in [1.82, 2.24) is 5.32 Å². The van der Waals surface area contributed by atoms with E-state index in [0.717, 1.165) is 70.6 Å². The second kappa shape index (κ2) is 65.1. The van der Waals surface area contributed by atoms with E-state index in [9.17, 15) is 19.4 Å². The van der Waals surface area contributed by atoms with Gasteiger partial charge in [0.25, 0.3) is 7.82 Å². The van der Waals surface area contributed by atoms with E-state index in [-0.39, 0.29) is 12.5 Å². The summed E-state index contributed by atoms with van der Waals surface area (Å²) in [4.78, 5) is 25.6. The third-order valence-corrected chi connectivity index (χ3v) is 17.0. The molecule has 0 radical (unpaired) electrons. The Labute approximate surface area is 522 Å². The fourth-order valence-electron chi connectivity index (χ4n) is 10.5. The number of amides is 1. The molecule has 0 fully saturated rings. The largest absolute Gasteiger partial charge is 0.756 e. The Hall–Kier alpha value is -2.32. The van der Waals surface area contributed by atoms with Crippen molar-refractivity contribution in [3.05, 3.63) is 85.1 Å². The summed E-state index contributed by atoms with van der Waals surface area (Å²) in [7, 11) is 1.24. The number of likely N-dealkylation sites (N-methyl/N-ethyl adjacent to an activating group) is 1. The van der Waals surface area contributed by atoms with Gasteiger partial charge >= 0.3 is 0 Å². The zero-order chi connectivity index (χ0) is 61.2. The highest BCUT2D eigenvalue weighted by atomic mass is 31.2. The second-order valence-corrected chi connectivity index (χ2v) is 27.0. The lowest BCUT2D eigenvalue weighted by Gasteiger charge is -2.29.